The van der Waals surface area contributed by atoms with E-state index < -0.39 is 0 Å². The van der Waals surface area contributed by atoms with E-state index in [0.29, 0.717) is 12.3 Å². The molecule has 0 aromatic carbocycles. The van der Waals surface area contributed by atoms with Gasteiger partial charge in [-0.15, -0.1) is 0 Å². The number of carbonyl (C=O) groups excluding carboxylic acids is 1. The fraction of sp³-hybridized carbons (Fsp3) is 0.909. The zero-order valence-electron chi connectivity index (χ0n) is 9.84. The molecular weight excluding hydrogens is 176 g/mol. The van der Waals surface area contributed by atoms with Gasteiger partial charge in [0, 0.05) is 18.5 Å². The molecule has 82 valence electrons. The van der Waals surface area contributed by atoms with Crippen molar-refractivity contribution in [1.29, 1.82) is 0 Å². The predicted octanol–water partition coefficient (Wildman–Crippen LogP) is 0.849. The molecule has 1 saturated heterocycles. The minimum Gasteiger partial charge on any atom is -0.308 e. The van der Waals surface area contributed by atoms with Crippen LogP contribution in [0.15, 0.2) is 0 Å². The van der Waals surface area contributed by atoms with E-state index in [9.17, 15) is 4.79 Å². The minimum atomic E-state index is -0.0887. The Morgan fingerprint density at radius 3 is 2.57 bits per heavy atom. The number of Topliss-reactive ketones (excluding diaryl/α,β-unsaturated/α-hetero) is 1. The Morgan fingerprint density at radius 2 is 2.07 bits per heavy atom. The third-order valence-electron chi connectivity index (χ3n) is 3.04. The fourth-order valence-corrected chi connectivity index (χ4v) is 1.61. The maximum Gasteiger partial charge on any atom is 0.152 e. The molecule has 0 aromatic rings. The molecule has 1 fully saturated rings. The van der Waals surface area contributed by atoms with Crippen LogP contribution in [0.25, 0.3) is 0 Å². The van der Waals surface area contributed by atoms with Crippen LogP contribution in [0.1, 0.15) is 20.3 Å². The summed E-state index contributed by atoms with van der Waals surface area (Å²) < 4.78 is 0. The van der Waals surface area contributed by atoms with Crippen LogP contribution < -0.4 is 0 Å². The summed E-state index contributed by atoms with van der Waals surface area (Å²) in [6.45, 7) is 7.85. The van der Waals surface area contributed by atoms with E-state index in [4.69, 9.17) is 0 Å². The van der Waals surface area contributed by atoms with E-state index in [1.807, 2.05) is 0 Å². The summed E-state index contributed by atoms with van der Waals surface area (Å²) in [4.78, 5) is 16.1. The predicted molar refractivity (Wildman–Crippen MR) is 58.4 cm³/mol. The van der Waals surface area contributed by atoms with Crippen LogP contribution in [0.5, 0.6) is 0 Å². The van der Waals surface area contributed by atoms with Crippen LogP contribution in [-0.2, 0) is 4.79 Å². The molecule has 0 N–H and O–H groups in total. The molecule has 3 heteroatoms. The van der Waals surface area contributed by atoms with Gasteiger partial charge in [0.25, 0.3) is 0 Å². The number of piperidine rings is 1. The lowest BCUT2D eigenvalue weighted by Crippen LogP contribution is -2.47. The zero-order valence-corrected chi connectivity index (χ0v) is 9.84. The van der Waals surface area contributed by atoms with Crippen molar-refractivity contribution in [3.8, 4) is 0 Å². The van der Waals surface area contributed by atoms with Gasteiger partial charge in [0.2, 0.25) is 0 Å². The number of ketones is 1. The Morgan fingerprint density at radius 1 is 1.43 bits per heavy atom. The molecule has 0 radical (unpaired) electrons. The molecule has 14 heavy (non-hydrogen) atoms. The van der Waals surface area contributed by atoms with Crippen molar-refractivity contribution in [2.45, 2.75) is 20.3 Å². The zero-order chi connectivity index (χ0) is 10.8. The molecule has 1 rings (SSSR count). The van der Waals surface area contributed by atoms with Gasteiger partial charge in [0.1, 0.15) is 0 Å². The van der Waals surface area contributed by atoms with E-state index >= 15 is 0 Å². The summed E-state index contributed by atoms with van der Waals surface area (Å²) >= 11 is 0. The highest BCUT2D eigenvalue weighted by Crippen LogP contribution is 2.26. The van der Waals surface area contributed by atoms with Crippen molar-refractivity contribution in [1.82, 2.24) is 9.80 Å². The summed E-state index contributed by atoms with van der Waals surface area (Å²) in [5.41, 5.74) is -0.0887. The fourth-order valence-electron chi connectivity index (χ4n) is 1.61. The number of likely N-dealkylation sites (N-methyl/N-ethyl adjacent to an activating group) is 1. The summed E-state index contributed by atoms with van der Waals surface area (Å²) in [6.07, 6.45) is 0.999. The molecule has 0 aliphatic carbocycles. The molecule has 0 spiro atoms. The van der Waals surface area contributed by atoms with Gasteiger partial charge in [-0.1, -0.05) is 13.8 Å². The SMILES string of the molecule is CN(C)CCN1CCC(C)(C)C(=O)C1. The first-order valence-electron chi connectivity index (χ1n) is 5.32. The summed E-state index contributed by atoms with van der Waals surface area (Å²) in [6, 6.07) is 0. The average Bonchev–Trinajstić information content (AvgIpc) is 2.07. The molecule has 0 saturated carbocycles. The standard InChI is InChI=1S/C11H22N2O/c1-11(2)5-6-13(9-10(11)14)8-7-12(3)4/h5-9H2,1-4H3. The topological polar surface area (TPSA) is 23.6 Å². The van der Waals surface area contributed by atoms with Crippen molar-refractivity contribution in [2.24, 2.45) is 5.41 Å². The molecule has 0 aromatic heterocycles. The Bertz CT molecular complexity index is 209. The van der Waals surface area contributed by atoms with Gasteiger partial charge in [-0.25, -0.2) is 0 Å². The highest BCUT2D eigenvalue weighted by atomic mass is 16.1. The highest BCUT2D eigenvalue weighted by Gasteiger charge is 2.33. The molecule has 1 aliphatic heterocycles. The first-order chi connectivity index (χ1) is 6.42. The quantitative estimate of drug-likeness (QED) is 0.671. The van der Waals surface area contributed by atoms with Crippen LogP contribution >= 0.6 is 0 Å². The molecule has 1 heterocycles. The van der Waals surface area contributed by atoms with Gasteiger partial charge in [0.15, 0.2) is 5.78 Å². The molecule has 0 unspecified atom stereocenters. The minimum absolute atomic E-state index is 0.0887. The monoisotopic (exact) mass is 198 g/mol. The second-order valence-electron chi connectivity index (χ2n) is 5.14. The normalized spacial score (nSPS) is 23.1. The van der Waals surface area contributed by atoms with Crippen molar-refractivity contribution < 1.29 is 4.79 Å². The lowest BCUT2D eigenvalue weighted by molar-refractivity contribution is -0.131. The Kier molecular flexibility index (Phi) is 3.67. The number of carbonyl (C=O) groups is 1. The summed E-state index contributed by atoms with van der Waals surface area (Å²) in [7, 11) is 4.13. The van der Waals surface area contributed by atoms with Gasteiger partial charge in [-0.2, -0.15) is 0 Å². The second kappa shape index (κ2) is 4.41. The van der Waals surface area contributed by atoms with Crippen LogP contribution in [-0.4, -0.2) is 55.9 Å². The van der Waals surface area contributed by atoms with E-state index in [1.165, 1.54) is 0 Å². The lowest BCUT2D eigenvalue weighted by Gasteiger charge is -2.35. The first kappa shape index (κ1) is 11.7. The largest absolute Gasteiger partial charge is 0.308 e. The van der Waals surface area contributed by atoms with Crippen LogP contribution in [0.2, 0.25) is 0 Å². The van der Waals surface area contributed by atoms with Gasteiger partial charge in [0.05, 0.1) is 6.54 Å². The average molecular weight is 198 g/mol. The smallest absolute Gasteiger partial charge is 0.152 e. The van der Waals surface area contributed by atoms with Crippen molar-refractivity contribution in [2.75, 3.05) is 40.3 Å². The van der Waals surface area contributed by atoms with E-state index in [1.54, 1.807) is 0 Å². The van der Waals surface area contributed by atoms with Crippen LogP contribution in [0.4, 0.5) is 0 Å². The number of hydrogen-bond acceptors (Lipinski definition) is 3. The molecule has 0 bridgehead atoms. The number of rotatable bonds is 3. The van der Waals surface area contributed by atoms with E-state index in [0.717, 1.165) is 26.1 Å². The molecule has 1 aliphatic rings. The maximum absolute atomic E-state index is 11.7. The summed E-state index contributed by atoms with van der Waals surface area (Å²) in [5.74, 6) is 0.391. The molecular formula is C11H22N2O. The van der Waals surface area contributed by atoms with E-state index in [-0.39, 0.29) is 5.41 Å². The Hall–Kier alpha value is -0.410. The Balaban J connectivity index is 2.36. The number of likely N-dealkylation sites (tertiary alicyclic amines) is 1. The second-order valence-corrected chi connectivity index (χ2v) is 5.14. The van der Waals surface area contributed by atoms with Crippen LogP contribution in [0.3, 0.4) is 0 Å². The van der Waals surface area contributed by atoms with Gasteiger partial charge >= 0.3 is 0 Å². The molecule has 0 atom stereocenters. The third-order valence-corrected chi connectivity index (χ3v) is 3.04. The van der Waals surface area contributed by atoms with Crippen LogP contribution in [0, 0.1) is 5.41 Å². The highest BCUT2D eigenvalue weighted by molar-refractivity contribution is 5.86. The molecule has 3 nitrogen and oxygen atoms in total. The first-order valence-corrected chi connectivity index (χ1v) is 5.32. The van der Waals surface area contributed by atoms with Gasteiger partial charge in [-0.3, -0.25) is 9.69 Å². The van der Waals surface area contributed by atoms with Crippen molar-refractivity contribution in [3.63, 3.8) is 0 Å². The van der Waals surface area contributed by atoms with Crippen molar-refractivity contribution in [3.05, 3.63) is 0 Å². The maximum atomic E-state index is 11.7. The van der Waals surface area contributed by atoms with Gasteiger partial charge < -0.3 is 4.90 Å². The van der Waals surface area contributed by atoms with E-state index in [2.05, 4.69) is 37.7 Å². The van der Waals surface area contributed by atoms with Gasteiger partial charge in [-0.05, 0) is 27.1 Å². The summed E-state index contributed by atoms with van der Waals surface area (Å²) in [5, 5.41) is 0. The van der Waals surface area contributed by atoms with Crippen molar-refractivity contribution >= 4 is 5.78 Å². The third kappa shape index (κ3) is 3.07. The number of nitrogens with zero attached hydrogens (tertiary/aromatic N) is 2. The molecule has 0 amide bonds. The lowest BCUT2D eigenvalue weighted by atomic mass is 9.81. The number of hydrogen-bond donors (Lipinski definition) is 0. The Labute approximate surface area is 87.1 Å².